The molecule has 1 aromatic carbocycles. The van der Waals surface area contributed by atoms with Crippen LogP contribution in [-0.4, -0.2) is 25.2 Å². The molecule has 5 heteroatoms. The predicted octanol–water partition coefficient (Wildman–Crippen LogP) is 3.22. The Balaban J connectivity index is 1.88. The molecule has 2 heterocycles. The van der Waals surface area contributed by atoms with E-state index in [1.165, 1.54) is 16.7 Å². The minimum absolute atomic E-state index is 0.390. The maximum Gasteiger partial charge on any atom is 0.206 e. The lowest BCUT2D eigenvalue weighted by Gasteiger charge is -2.08. The molecule has 0 N–H and O–H groups in total. The number of nitrogens with zero attached hydrogens (tertiary/aromatic N) is 5. The molecule has 0 aliphatic heterocycles. The summed E-state index contributed by atoms with van der Waals surface area (Å²) in [7, 11) is 0. The second-order valence-corrected chi connectivity index (χ2v) is 5.75. The molecule has 5 nitrogen and oxygen atoms in total. The monoisotopic (exact) mass is 293 g/mol. The summed E-state index contributed by atoms with van der Waals surface area (Å²) in [6.45, 7) is 6.99. The first kappa shape index (κ1) is 14.4. The SMILES string of the molecule is Cc1cccc(Cn2nnc(-c3cnccc3C(C)C)n2)c1. The van der Waals surface area contributed by atoms with E-state index in [4.69, 9.17) is 0 Å². The molecule has 0 fully saturated rings. The Kier molecular flexibility index (Phi) is 3.96. The van der Waals surface area contributed by atoms with E-state index in [2.05, 4.69) is 59.4 Å². The maximum atomic E-state index is 4.50. The van der Waals surface area contributed by atoms with Crippen molar-refractivity contribution in [1.29, 1.82) is 0 Å². The van der Waals surface area contributed by atoms with Crippen LogP contribution in [0.2, 0.25) is 0 Å². The van der Waals surface area contributed by atoms with Gasteiger partial charge in [-0.1, -0.05) is 43.7 Å². The summed E-state index contributed by atoms with van der Waals surface area (Å²) in [5, 5.41) is 12.9. The molecule has 0 bridgehead atoms. The van der Waals surface area contributed by atoms with Gasteiger partial charge in [-0.05, 0) is 35.2 Å². The molecule has 0 saturated heterocycles. The first-order valence-electron chi connectivity index (χ1n) is 7.41. The van der Waals surface area contributed by atoms with E-state index in [9.17, 15) is 0 Å². The van der Waals surface area contributed by atoms with Crippen molar-refractivity contribution in [3.63, 3.8) is 0 Å². The molecule has 0 amide bonds. The summed E-state index contributed by atoms with van der Waals surface area (Å²) < 4.78 is 0. The summed E-state index contributed by atoms with van der Waals surface area (Å²) >= 11 is 0. The maximum absolute atomic E-state index is 4.50. The summed E-state index contributed by atoms with van der Waals surface area (Å²) in [5.41, 5.74) is 4.53. The Labute approximate surface area is 130 Å². The summed E-state index contributed by atoms with van der Waals surface area (Å²) in [5.74, 6) is 1.02. The normalized spacial score (nSPS) is 11.1. The first-order chi connectivity index (χ1) is 10.6. The molecule has 3 rings (SSSR count). The van der Waals surface area contributed by atoms with Gasteiger partial charge in [0.2, 0.25) is 5.82 Å². The van der Waals surface area contributed by atoms with E-state index in [1.54, 1.807) is 11.0 Å². The van der Waals surface area contributed by atoms with Crippen molar-refractivity contribution in [1.82, 2.24) is 25.2 Å². The standard InChI is InChI=1S/C17H19N5/c1-12(2)15-7-8-18-10-16(15)17-19-21-22(20-17)11-14-6-4-5-13(3)9-14/h4-10,12H,11H2,1-3H3. The van der Waals surface area contributed by atoms with Crippen LogP contribution in [0.25, 0.3) is 11.4 Å². The van der Waals surface area contributed by atoms with Crippen LogP contribution in [-0.2, 0) is 6.54 Å². The fourth-order valence-electron chi connectivity index (χ4n) is 2.49. The second-order valence-electron chi connectivity index (χ2n) is 5.75. The predicted molar refractivity (Wildman–Crippen MR) is 85.4 cm³/mol. The minimum Gasteiger partial charge on any atom is -0.264 e. The van der Waals surface area contributed by atoms with Crippen LogP contribution in [0.15, 0.2) is 42.7 Å². The van der Waals surface area contributed by atoms with Crippen molar-refractivity contribution in [3.05, 3.63) is 59.4 Å². The van der Waals surface area contributed by atoms with Gasteiger partial charge in [-0.25, -0.2) is 0 Å². The molecule has 2 aromatic heterocycles. The Morgan fingerprint density at radius 1 is 1.18 bits per heavy atom. The summed E-state index contributed by atoms with van der Waals surface area (Å²) in [4.78, 5) is 5.82. The van der Waals surface area contributed by atoms with Gasteiger partial charge in [0, 0.05) is 18.0 Å². The molecule has 3 aromatic rings. The van der Waals surface area contributed by atoms with E-state index in [1.807, 2.05) is 18.3 Å². The number of aryl methyl sites for hydroxylation is 1. The number of aromatic nitrogens is 5. The zero-order valence-electron chi connectivity index (χ0n) is 13.1. The zero-order chi connectivity index (χ0) is 15.5. The molecule has 0 aliphatic rings. The molecule has 0 atom stereocenters. The number of hydrogen-bond acceptors (Lipinski definition) is 4. The molecule has 0 unspecified atom stereocenters. The van der Waals surface area contributed by atoms with Gasteiger partial charge in [0.05, 0.1) is 6.54 Å². The lowest BCUT2D eigenvalue weighted by atomic mass is 9.99. The number of hydrogen-bond donors (Lipinski definition) is 0. The second kappa shape index (κ2) is 6.05. The summed E-state index contributed by atoms with van der Waals surface area (Å²) in [6.07, 6.45) is 3.61. The lowest BCUT2D eigenvalue weighted by Crippen LogP contribution is -2.04. The number of benzene rings is 1. The molecule has 0 radical (unpaired) electrons. The van der Waals surface area contributed by atoms with E-state index < -0.39 is 0 Å². The fourth-order valence-corrected chi connectivity index (χ4v) is 2.49. The third-order valence-electron chi connectivity index (χ3n) is 3.58. The highest BCUT2D eigenvalue weighted by molar-refractivity contribution is 5.58. The van der Waals surface area contributed by atoms with E-state index in [0.29, 0.717) is 18.3 Å². The van der Waals surface area contributed by atoms with Crippen molar-refractivity contribution in [2.45, 2.75) is 33.2 Å². The van der Waals surface area contributed by atoms with Crippen LogP contribution in [0.4, 0.5) is 0 Å². The van der Waals surface area contributed by atoms with Crippen LogP contribution < -0.4 is 0 Å². The van der Waals surface area contributed by atoms with Gasteiger partial charge in [-0.2, -0.15) is 4.80 Å². The third-order valence-corrected chi connectivity index (χ3v) is 3.58. The first-order valence-corrected chi connectivity index (χ1v) is 7.41. The minimum atomic E-state index is 0.390. The molecule has 0 spiro atoms. The van der Waals surface area contributed by atoms with Crippen molar-refractivity contribution in [2.75, 3.05) is 0 Å². The van der Waals surface area contributed by atoms with Crippen molar-refractivity contribution in [2.24, 2.45) is 0 Å². The van der Waals surface area contributed by atoms with Gasteiger partial charge in [-0.15, -0.1) is 10.2 Å². The lowest BCUT2D eigenvalue weighted by molar-refractivity contribution is 0.572. The molecular weight excluding hydrogens is 274 g/mol. The van der Waals surface area contributed by atoms with Gasteiger partial charge < -0.3 is 0 Å². The Hall–Kier alpha value is -2.56. The van der Waals surface area contributed by atoms with Gasteiger partial charge in [0.1, 0.15) is 0 Å². The van der Waals surface area contributed by atoms with Gasteiger partial charge in [0.25, 0.3) is 0 Å². The Morgan fingerprint density at radius 2 is 2.05 bits per heavy atom. The van der Waals surface area contributed by atoms with Gasteiger partial charge in [-0.3, -0.25) is 4.98 Å². The number of rotatable bonds is 4. The van der Waals surface area contributed by atoms with Crippen LogP contribution in [0.1, 0.15) is 36.5 Å². The zero-order valence-corrected chi connectivity index (χ0v) is 13.1. The average molecular weight is 293 g/mol. The van der Waals surface area contributed by atoms with E-state index in [0.717, 1.165) is 5.56 Å². The quantitative estimate of drug-likeness (QED) is 0.741. The van der Waals surface area contributed by atoms with Crippen LogP contribution >= 0.6 is 0 Å². The smallest absolute Gasteiger partial charge is 0.206 e. The highest BCUT2D eigenvalue weighted by atomic mass is 15.6. The molecule has 22 heavy (non-hydrogen) atoms. The largest absolute Gasteiger partial charge is 0.264 e. The third kappa shape index (κ3) is 3.03. The topological polar surface area (TPSA) is 56.5 Å². The van der Waals surface area contributed by atoms with Crippen LogP contribution in [0.5, 0.6) is 0 Å². The molecule has 0 saturated carbocycles. The molecule has 112 valence electrons. The van der Waals surface area contributed by atoms with Crippen LogP contribution in [0.3, 0.4) is 0 Å². The molecular formula is C17H19N5. The van der Waals surface area contributed by atoms with E-state index >= 15 is 0 Å². The van der Waals surface area contributed by atoms with Gasteiger partial charge in [0.15, 0.2) is 0 Å². The Bertz CT molecular complexity index is 776. The van der Waals surface area contributed by atoms with Crippen molar-refractivity contribution >= 4 is 0 Å². The van der Waals surface area contributed by atoms with Crippen LogP contribution in [0, 0.1) is 6.92 Å². The number of tetrazole rings is 1. The molecule has 0 aliphatic carbocycles. The average Bonchev–Trinajstić information content (AvgIpc) is 2.95. The highest BCUT2D eigenvalue weighted by Gasteiger charge is 2.13. The fraction of sp³-hybridized carbons (Fsp3) is 0.294. The van der Waals surface area contributed by atoms with Gasteiger partial charge >= 0.3 is 0 Å². The summed E-state index contributed by atoms with van der Waals surface area (Å²) in [6, 6.07) is 10.3. The van der Waals surface area contributed by atoms with E-state index in [-0.39, 0.29) is 0 Å². The number of pyridine rings is 1. The highest BCUT2D eigenvalue weighted by Crippen LogP contribution is 2.25. The van der Waals surface area contributed by atoms with Crippen molar-refractivity contribution < 1.29 is 0 Å². The Morgan fingerprint density at radius 3 is 2.82 bits per heavy atom. The van der Waals surface area contributed by atoms with Crippen molar-refractivity contribution in [3.8, 4) is 11.4 Å².